The number of nitrogens with one attached hydrogen (secondary N) is 1. The maximum absolute atomic E-state index is 9.39. The summed E-state index contributed by atoms with van der Waals surface area (Å²) in [5.74, 6) is 4.31. The molecule has 0 spiro atoms. The van der Waals surface area contributed by atoms with E-state index in [0.717, 1.165) is 47.7 Å². The predicted octanol–water partition coefficient (Wildman–Crippen LogP) is 3.37. The van der Waals surface area contributed by atoms with Crippen LogP contribution in [0, 0.1) is 0 Å². The molecule has 1 unspecified atom stereocenters. The molecule has 1 heterocycles. The van der Waals surface area contributed by atoms with Crippen LogP contribution in [0.2, 0.25) is 5.02 Å². The van der Waals surface area contributed by atoms with Crippen LogP contribution in [0.1, 0.15) is 17.7 Å². The Kier molecular flexibility index (Phi) is 6.66. The average molecular weight is 403 g/mol. The molecule has 7 nitrogen and oxygen atoms in total. The predicted molar refractivity (Wildman–Crippen MR) is 107 cm³/mol. The Morgan fingerprint density at radius 1 is 1.14 bits per heavy atom. The zero-order chi connectivity index (χ0) is 20.1. The Balaban J connectivity index is 0.00000109. The summed E-state index contributed by atoms with van der Waals surface area (Å²) < 4.78 is 7.23. The number of methoxy groups -OCH3 is 1. The van der Waals surface area contributed by atoms with Crippen molar-refractivity contribution in [2.24, 2.45) is 5.90 Å². The van der Waals surface area contributed by atoms with Crippen molar-refractivity contribution in [3.63, 3.8) is 0 Å². The molecule has 0 saturated heterocycles. The molecule has 0 fully saturated rings. The number of aromatic nitrogens is 2. The summed E-state index contributed by atoms with van der Waals surface area (Å²) in [6, 6.07) is 15.6. The van der Waals surface area contributed by atoms with E-state index in [-0.39, 0.29) is 6.04 Å². The molecule has 28 heavy (non-hydrogen) atoms. The molecule has 0 radical (unpaired) electrons. The fourth-order valence-electron chi connectivity index (χ4n) is 3.50. The summed E-state index contributed by atoms with van der Waals surface area (Å²) in [6.45, 7) is 0. The number of nitrogens with two attached hydrogens (primary N) is 1. The van der Waals surface area contributed by atoms with Gasteiger partial charge in [-0.25, -0.2) is 16.1 Å². The van der Waals surface area contributed by atoms with Gasteiger partial charge in [0.1, 0.15) is 5.75 Å². The second-order valence-electron chi connectivity index (χ2n) is 6.46. The Labute approximate surface area is 168 Å². The van der Waals surface area contributed by atoms with Gasteiger partial charge < -0.3 is 15.2 Å². The summed E-state index contributed by atoms with van der Waals surface area (Å²) in [7, 11) is 1.65. The van der Waals surface area contributed by atoms with Crippen molar-refractivity contribution in [3.8, 4) is 22.7 Å². The summed E-state index contributed by atoms with van der Waals surface area (Å²) >= 11 is 6.04. The smallest absolute Gasteiger partial charge is 0.119 e. The number of hydroxylamine groups is 1. The van der Waals surface area contributed by atoms with E-state index in [2.05, 4.69) is 11.4 Å². The topological polar surface area (TPSA) is 106 Å². The highest BCUT2D eigenvalue weighted by molar-refractivity contribution is 6.30. The van der Waals surface area contributed by atoms with Gasteiger partial charge in [0.05, 0.1) is 18.5 Å². The van der Waals surface area contributed by atoms with E-state index in [1.54, 1.807) is 7.11 Å². The molecule has 5 N–H and O–H groups in total. The molecule has 4 rings (SSSR count). The highest BCUT2D eigenvalue weighted by Gasteiger charge is 2.27. The van der Waals surface area contributed by atoms with Crippen LogP contribution in [0.15, 0.2) is 48.5 Å². The van der Waals surface area contributed by atoms with E-state index in [0.29, 0.717) is 5.02 Å². The zero-order valence-electron chi connectivity index (χ0n) is 15.5. The average Bonchev–Trinajstić information content (AvgIpc) is 3.14. The van der Waals surface area contributed by atoms with Crippen molar-refractivity contribution in [1.29, 1.82) is 0 Å². The molecule has 1 aliphatic carbocycles. The lowest BCUT2D eigenvalue weighted by Gasteiger charge is -2.22. The minimum absolute atomic E-state index is 0.0364. The van der Waals surface area contributed by atoms with Gasteiger partial charge in [0.15, 0.2) is 0 Å². The van der Waals surface area contributed by atoms with Crippen LogP contribution in [0.25, 0.3) is 16.9 Å². The molecule has 148 valence electrons. The van der Waals surface area contributed by atoms with E-state index in [4.69, 9.17) is 26.6 Å². The second kappa shape index (κ2) is 9.18. The zero-order valence-corrected chi connectivity index (χ0v) is 16.2. The SMILES string of the molecule is COc1ccc(-n2nc(-c3ccc(Cl)cc3)c3c2CC(NO)CC3)cc1.NO. The first-order valence-electron chi connectivity index (χ1n) is 8.86. The molecule has 1 aliphatic rings. The van der Waals surface area contributed by atoms with Crippen molar-refractivity contribution in [2.45, 2.75) is 25.3 Å². The van der Waals surface area contributed by atoms with Gasteiger partial charge in [0, 0.05) is 34.3 Å². The van der Waals surface area contributed by atoms with Crippen molar-refractivity contribution in [1.82, 2.24) is 15.3 Å². The first-order valence-corrected chi connectivity index (χ1v) is 9.24. The number of rotatable bonds is 4. The number of nitrogens with zero attached hydrogens (tertiary/aromatic N) is 2. The molecule has 2 aromatic carbocycles. The van der Waals surface area contributed by atoms with Crippen LogP contribution in [-0.4, -0.2) is 33.3 Å². The van der Waals surface area contributed by atoms with E-state index in [1.807, 2.05) is 53.2 Å². The summed E-state index contributed by atoms with van der Waals surface area (Å²) in [5, 5.41) is 21.5. The van der Waals surface area contributed by atoms with E-state index in [1.165, 1.54) is 5.56 Å². The molecule has 0 aliphatic heterocycles. The molecule has 1 aromatic heterocycles. The molecular weight excluding hydrogens is 380 g/mol. The van der Waals surface area contributed by atoms with Crippen molar-refractivity contribution in [3.05, 3.63) is 64.8 Å². The highest BCUT2D eigenvalue weighted by Crippen LogP contribution is 2.33. The van der Waals surface area contributed by atoms with Gasteiger partial charge in [0.25, 0.3) is 0 Å². The number of benzene rings is 2. The van der Waals surface area contributed by atoms with Crippen LogP contribution in [0.4, 0.5) is 0 Å². The minimum Gasteiger partial charge on any atom is -0.497 e. The number of hydrogen-bond acceptors (Lipinski definition) is 6. The quantitative estimate of drug-likeness (QED) is 0.498. The third-order valence-corrected chi connectivity index (χ3v) is 5.14. The van der Waals surface area contributed by atoms with Gasteiger partial charge in [-0.1, -0.05) is 23.7 Å². The molecule has 1 atom stereocenters. The summed E-state index contributed by atoms with van der Waals surface area (Å²) in [5.41, 5.74) is 7.77. The first-order chi connectivity index (χ1) is 13.7. The molecular formula is C20H23ClN4O3. The third-order valence-electron chi connectivity index (χ3n) is 4.89. The van der Waals surface area contributed by atoms with Crippen molar-refractivity contribution < 1.29 is 15.2 Å². The first kappa shape index (κ1) is 20.3. The van der Waals surface area contributed by atoms with Gasteiger partial charge in [-0.05, 0) is 49.2 Å². The number of halogens is 1. The Morgan fingerprint density at radius 3 is 2.43 bits per heavy atom. The maximum Gasteiger partial charge on any atom is 0.119 e. The standard InChI is InChI=1S/C20H20ClN3O2.H3NO/c1-26-17-9-7-16(8-10-17)24-19-12-15(23-25)6-11-18(19)20(22-24)13-2-4-14(21)5-3-13;1-2/h2-5,7-10,15,23,25H,6,11-12H2,1H3;2H,1H2. The number of ether oxygens (including phenoxy) is 1. The van der Waals surface area contributed by atoms with Gasteiger partial charge >= 0.3 is 0 Å². The molecule has 0 bridgehead atoms. The Morgan fingerprint density at radius 2 is 1.82 bits per heavy atom. The van der Waals surface area contributed by atoms with Gasteiger partial charge in [-0.15, -0.1) is 0 Å². The van der Waals surface area contributed by atoms with Crippen LogP contribution >= 0.6 is 11.6 Å². The fraction of sp³-hybridized carbons (Fsp3) is 0.250. The van der Waals surface area contributed by atoms with Crippen LogP contribution in [0.5, 0.6) is 5.75 Å². The van der Waals surface area contributed by atoms with Crippen molar-refractivity contribution >= 4 is 11.6 Å². The fourth-order valence-corrected chi connectivity index (χ4v) is 3.62. The molecule has 3 aromatic rings. The van der Waals surface area contributed by atoms with Crippen LogP contribution in [0.3, 0.4) is 0 Å². The minimum atomic E-state index is 0.0364. The van der Waals surface area contributed by atoms with Crippen molar-refractivity contribution in [2.75, 3.05) is 7.11 Å². The largest absolute Gasteiger partial charge is 0.497 e. The third kappa shape index (κ3) is 4.04. The Hall–Kier alpha value is -2.42. The summed E-state index contributed by atoms with van der Waals surface area (Å²) in [4.78, 5) is 0. The second-order valence-corrected chi connectivity index (χ2v) is 6.90. The number of hydrogen-bond donors (Lipinski definition) is 4. The molecule has 8 heteroatoms. The van der Waals surface area contributed by atoms with E-state index in [9.17, 15) is 5.21 Å². The Bertz CT molecular complexity index is 910. The lowest BCUT2D eigenvalue weighted by molar-refractivity contribution is 0.118. The number of fused-ring (bicyclic) bond motifs is 1. The van der Waals surface area contributed by atoms with Gasteiger partial charge in [-0.2, -0.15) is 5.10 Å². The summed E-state index contributed by atoms with van der Waals surface area (Å²) in [6.07, 6.45) is 2.46. The lowest BCUT2D eigenvalue weighted by Crippen LogP contribution is -2.32. The maximum atomic E-state index is 9.39. The van der Waals surface area contributed by atoms with Gasteiger partial charge in [-0.3, -0.25) is 0 Å². The van der Waals surface area contributed by atoms with Crippen LogP contribution in [-0.2, 0) is 12.8 Å². The van der Waals surface area contributed by atoms with E-state index >= 15 is 0 Å². The normalized spacial score (nSPS) is 15.4. The van der Waals surface area contributed by atoms with E-state index < -0.39 is 0 Å². The highest BCUT2D eigenvalue weighted by atomic mass is 35.5. The van der Waals surface area contributed by atoms with Crippen LogP contribution < -0.4 is 16.1 Å². The van der Waals surface area contributed by atoms with Gasteiger partial charge in [0.2, 0.25) is 0 Å². The lowest BCUT2D eigenvalue weighted by atomic mass is 9.90. The molecule has 0 saturated carbocycles. The molecule has 0 amide bonds. The monoisotopic (exact) mass is 402 g/mol.